The molecule has 78 valence electrons. The van der Waals surface area contributed by atoms with Crippen molar-refractivity contribution in [3.05, 3.63) is 34.3 Å². The molecule has 0 heterocycles. The van der Waals surface area contributed by atoms with E-state index >= 15 is 0 Å². The molecule has 0 amide bonds. The lowest BCUT2D eigenvalue weighted by Gasteiger charge is -2.19. The van der Waals surface area contributed by atoms with Gasteiger partial charge in [-0.1, -0.05) is 30.7 Å². The summed E-state index contributed by atoms with van der Waals surface area (Å²) in [4.78, 5) is 0. The molecule has 0 aliphatic heterocycles. The quantitative estimate of drug-likeness (QED) is 0.810. The van der Waals surface area contributed by atoms with Crippen molar-refractivity contribution < 1.29 is 5.11 Å². The highest BCUT2D eigenvalue weighted by Crippen LogP contribution is 2.26. The van der Waals surface area contributed by atoms with Crippen LogP contribution in [0.1, 0.15) is 30.6 Å². The van der Waals surface area contributed by atoms with Gasteiger partial charge in [0.15, 0.2) is 0 Å². The lowest BCUT2D eigenvalue weighted by molar-refractivity contribution is 0.144. The maximum absolute atomic E-state index is 9.91. The lowest BCUT2D eigenvalue weighted by Crippen LogP contribution is -2.27. The standard InChI is InChI=1S/C11H16ClNO/c1-3-10(13)11(14)8-5-4-6-9(12)7(8)2/h4-6,10-11,14H,3,13H2,1-2H3. The fourth-order valence-corrected chi connectivity index (χ4v) is 1.58. The summed E-state index contributed by atoms with van der Waals surface area (Å²) in [7, 11) is 0. The molecule has 0 saturated carbocycles. The van der Waals surface area contributed by atoms with Crippen molar-refractivity contribution >= 4 is 11.6 Å². The summed E-state index contributed by atoms with van der Waals surface area (Å²) in [6.45, 7) is 3.84. The van der Waals surface area contributed by atoms with E-state index in [2.05, 4.69) is 0 Å². The molecule has 0 spiro atoms. The Morgan fingerprint density at radius 2 is 2.14 bits per heavy atom. The van der Waals surface area contributed by atoms with Gasteiger partial charge in [0, 0.05) is 11.1 Å². The van der Waals surface area contributed by atoms with Crippen LogP contribution in [-0.4, -0.2) is 11.1 Å². The number of hydrogen-bond acceptors (Lipinski definition) is 2. The highest BCUT2D eigenvalue weighted by atomic mass is 35.5. The van der Waals surface area contributed by atoms with E-state index < -0.39 is 6.10 Å². The molecule has 2 atom stereocenters. The summed E-state index contributed by atoms with van der Waals surface area (Å²) in [5, 5.41) is 10.6. The molecule has 0 aliphatic rings. The fourth-order valence-electron chi connectivity index (χ4n) is 1.40. The van der Waals surface area contributed by atoms with Gasteiger partial charge in [-0.15, -0.1) is 0 Å². The van der Waals surface area contributed by atoms with E-state index in [-0.39, 0.29) is 6.04 Å². The summed E-state index contributed by atoms with van der Waals surface area (Å²) < 4.78 is 0. The second-order valence-electron chi connectivity index (χ2n) is 3.47. The zero-order valence-corrected chi connectivity index (χ0v) is 9.25. The Bertz CT molecular complexity index is 314. The van der Waals surface area contributed by atoms with Gasteiger partial charge in [0.2, 0.25) is 0 Å². The zero-order chi connectivity index (χ0) is 10.7. The molecule has 0 bridgehead atoms. The van der Waals surface area contributed by atoms with E-state index in [9.17, 15) is 5.11 Å². The zero-order valence-electron chi connectivity index (χ0n) is 8.50. The van der Waals surface area contributed by atoms with Crippen LogP contribution in [0.4, 0.5) is 0 Å². The van der Waals surface area contributed by atoms with E-state index in [1.54, 1.807) is 0 Å². The van der Waals surface area contributed by atoms with Crippen LogP contribution in [-0.2, 0) is 0 Å². The Morgan fingerprint density at radius 3 is 2.71 bits per heavy atom. The van der Waals surface area contributed by atoms with Gasteiger partial charge >= 0.3 is 0 Å². The van der Waals surface area contributed by atoms with Crippen LogP contribution in [0.3, 0.4) is 0 Å². The van der Waals surface area contributed by atoms with Crippen molar-refractivity contribution in [3.8, 4) is 0 Å². The SMILES string of the molecule is CCC(N)C(O)c1cccc(Cl)c1C. The van der Waals surface area contributed by atoms with Gasteiger partial charge < -0.3 is 10.8 Å². The highest BCUT2D eigenvalue weighted by Gasteiger charge is 2.17. The molecule has 1 aromatic rings. The van der Waals surface area contributed by atoms with Crippen molar-refractivity contribution in [3.63, 3.8) is 0 Å². The Balaban J connectivity index is 3.01. The predicted molar refractivity (Wildman–Crippen MR) is 59.4 cm³/mol. The van der Waals surface area contributed by atoms with Gasteiger partial charge in [-0.25, -0.2) is 0 Å². The van der Waals surface area contributed by atoms with E-state index in [1.165, 1.54) is 0 Å². The van der Waals surface area contributed by atoms with E-state index in [0.717, 1.165) is 17.5 Å². The minimum Gasteiger partial charge on any atom is -0.387 e. The largest absolute Gasteiger partial charge is 0.387 e. The van der Waals surface area contributed by atoms with Crippen LogP contribution in [0.15, 0.2) is 18.2 Å². The monoisotopic (exact) mass is 213 g/mol. The summed E-state index contributed by atoms with van der Waals surface area (Å²) in [6.07, 6.45) is 0.117. The molecule has 1 aromatic carbocycles. The molecule has 2 unspecified atom stereocenters. The van der Waals surface area contributed by atoms with Gasteiger partial charge in [0.05, 0.1) is 6.10 Å². The number of halogens is 1. The average molecular weight is 214 g/mol. The Labute approximate surface area is 89.7 Å². The molecule has 0 fully saturated rings. The van der Waals surface area contributed by atoms with E-state index in [1.807, 2.05) is 32.0 Å². The van der Waals surface area contributed by atoms with E-state index in [0.29, 0.717) is 5.02 Å². The van der Waals surface area contributed by atoms with Gasteiger partial charge in [-0.05, 0) is 30.5 Å². The summed E-state index contributed by atoms with van der Waals surface area (Å²) in [5.41, 5.74) is 7.51. The number of rotatable bonds is 3. The third-order valence-corrected chi connectivity index (χ3v) is 2.91. The molecule has 0 radical (unpaired) electrons. The minimum absolute atomic E-state index is 0.229. The molecular formula is C11H16ClNO. The number of nitrogens with two attached hydrogens (primary N) is 1. The number of aliphatic hydroxyl groups excluding tert-OH is 1. The second-order valence-corrected chi connectivity index (χ2v) is 3.88. The van der Waals surface area contributed by atoms with Crippen LogP contribution < -0.4 is 5.73 Å². The third-order valence-electron chi connectivity index (χ3n) is 2.51. The lowest BCUT2D eigenvalue weighted by atomic mass is 9.97. The van der Waals surface area contributed by atoms with Gasteiger partial charge in [-0.3, -0.25) is 0 Å². The van der Waals surface area contributed by atoms with Crippen molar-refractivity contribution in [1.29, 1.82) is 0 Å². The Hall–Kier alpha value is -0.570. The first kappa shape index (κ1) is 11.5. The van der Waals surface area contributed by atoms with Crippen LogP contribution in [0.5, 0.6) is 0 Å². The molecule has 14 heavy (non-hydrogen) atoms. The van der Waals surface area contributed by atoms with Gasteiger partial charge in [0.25, 0.3) is 0 Å². The van der Waals surface area contributed by atoms with Crippen LogP contribution in [0.2, 0.25) is 5.02 Å². The first-order chi connectivity index (χ1) is 6.57. The molecule has 0 aliphatic carbocycles. The third kappa shape index (κ3) is 2.27. The summed E-state index contributed by atoms with van der Waals surface area (Å²) in [5.74, 6) is 0. The topological polar surface area (TPSA) is 46.2 Å². The Kier molecular flexibility index (Phi) is 3.93. The maximum Gasteiger partial charge on any atom is 0.0943 e. The van der Waals surface area contributed by atoms with Crippen LogP contribution in [0, 0.1) is 6.92 Å². The average Bonchev–Trinajstić information content (AvgIpc) is 2.20. The van der Waals surface area contributed by atoms with Crippen molar-refractivity contribution in [1.82, 2.24) is 0 Å². The molecular weight excluding hydrogens is 198 g/mol. The second kappa shape index (κ2) is 4.78. The van der Waals surface area contributed by atoms with Crippen LogP contribution >= 0.6 is 11.6 Å². The molecule has 0 saturated heterocycles. The molecule has 3 heteroatoms. The highest BCUT2D eigenvalue weighted by molar-refractivity contribution is 6.31. The normalized spacial score (nSPS) is 15.2. The van der Waals surface area contributed by atoms with Gasteiger partial charge in [0.1, 0.15) is 0 Å². The van der Waals surface area contributed by atoms with Crippen molar-refractivity contribution in [2.45, 2.75) is 32.4 Å². The maximum atomic E-state index is 9.91. The summed E-state index contributed by atoms with van der Waals surface area (Å²) >= 11 is 5.95. The minimum atomic E-state index is -0.626. The molecule has 0 aromatic heterocycles. The Morgan fingerprint density at radius 1 is 1.50 bits per heavy atom. The smallest absolute Gasteiger partial charge is 0.0943 e. The molecule has 2 nitrogen and oxygen atoms in total. The molecule has 1 rings (SSSR count). The number of aliphatic hydroxyl groups is 1. The first-order valence-electron chi connectivity index (χ1n) is 4.76. The first-order valence-corrected chi connectivity index (χ1v) is 5.14. The van der Waals surface area contributed by atoms with E-state index in [4.69, 9.17) is 17.3 Å². The van der Waals surface area contributed by atoms with Crippen molar-refractivity contribution in [2.24, 2.45) is 5.73 Å². The number of hydrogen-bond donors (Lipinski definition) is 2. The molecule has 3 N–H and O–H groups in total. The predicted octanol–water partition coefficient (Wildman–Crippen LogP) is 2.42. The summed E-state index contributed by atoms with van der Waals surface area (Å²) in [6, 6.07) is 5.27. The van der Waals surface area contributed by atoms with Crippen LogP contribution in [0.25, 0.3) is 0 Å². The van der Waals surface area contributed by atoms with Crippen molar-refractivity contribution in [2.75, 3.05) is 0 Å². The number of benzene rings is 1. The van der Waals surface area contributed by atoms with Gasteiger partial charge in [-0.2, -0.15) is 0 Å². The fraction of sp³-hybridized carbons (Fsp3) is 0.455.